The standard InChI is InChI=1S/C27H34F3NO3/c1-16-4-9-19(10-5-16)34-22-11-8-18-7-6-17(14-20(18)24(22)27(28,29)30)12-13-31-23-15-21(25(32)33)26(23,2)3/h6-8,11,14,16,19,21,23,31H,4-5,9-10,12-13,15H2,1-3H3,(H,32,33)/t16-,19+,21?,23?. The number of alkyl halides is 3. The van der Waals surface area contributed by atoms with Crippen molar-refractivity contribution in [3.8, 4) is 5.75 Å². The molecule has 0 heterocycles. The van der Waals surface area contributed by atoms with E-state index in [1.165, 1.54) is 6.07 Å². The van der Waals surface area contributed by atoms with Gasteiger partial charge in [-0.2, -0.15) is 13.2 Å². The molecule has 2 saturated carbocycles. The van der Waals surface area contributed by atoms with Gasteiger partial charge in [0, 0.05) is 6.04 Å². The van der Waals surface area contributed by atoms with E-state index in [0.717, 1.165) is 31.2 Å². The van der Waals surface area contributed by atoms with Crippen LogP contribution in [0, 0.1) is 17.3 Å². The second kappa shape index (κ2) is 9.40. The van der Waals surface area contributed by atoms with Gasteiger partial charge in [-0.25, -0.2) is 0 Å². The number of aliphatic carboxylic acids is 1. The molecular formula is C27H34F3NO3. The Kier molecular flexibility index (Phi) is 6.87. The minimum atomic E-state index is -4.52. The van der Waals surface area contributed by atoms with Gasteiger partial charge in [-0.1, -0.05) is 45.0 Å². The summed E-state index contributed by atoms with van der Waals surface area (Å²) in [6.07, 6.45) is -0.0611. The van der Waals surface area contributed by atoms with Crippen molar-refractivity contribution < 1.29 is 27.8 Å². The second-order valence-electron chi connectivity index (χ2n) is 10.7. The fourth-order valence-electron chi connectivity index (χ4n) is 5.50. The van der Waals surface area contributed by atoms with Gasteiger partial charge >= 0.3 is 12.1 Å². The molecule has 2 aliphatic rings. The molecule has 7 heteroatoms. The lowest BCUT2D eigenvalue weighted by atomic mass is 9.58. The highest BCUT2D eigenvalue weighted by atomic mass is 19.4. The molecule has 2 fully saturated rings. The van der Waals surface area contributed by atoms with E-state index in [1.807, 2.05) is 19.9 Å². The molecule has 4 rings (SSSR count). The number of halogens is 3. The summed E-state index contributed by atoms with van der Waals surface area (Å²) < 4.78 is 48.5. The average molecular weight is 478 g/mol. The van der Waals surface area contributed by atoms with Crippen molar-refractivity contribution in [2.75, 3.05) is 6.54 Å². The minimum absolute atomic E-state index is 0.0780. The molecule has 0 aliphatic heterocycles. The predicted molar refractivity (Wildman–Crippen MR) is 126 cm³/mol. The zero-order valence-corrected chi connectivity index (χ0v) is 20.0. The highest BCUT2D eigenvalue weighted by Crippen LogP contribution is 2.46. The topological polar surface area (TPSA) is 58.6 Å². The van der Waals surface area contributed by atoms with Crippen molar-refractivity contribution in [1.29, 1.82) is 0 Å². The van der Waals surface area contributed by atoms with E-state index in [0.29, 0.717) is 30.7 Å². The monoisotopic (exact) mass is 477 g/mol. The number of carboxylic acids is 1. The summed E-state index contributed by atoms with van der Waals surface area (Å²) in [7, 11) is 0. The van der Waals surface area contributed by atoms with Crippen molar-refractivity contribution in [2.24, 2.45) is 17.3 Å². The summed E-state index contributed by atoms with van der Waals surface area (Å²) in [5.74, 6) is -0.634. The van der Waals surface area contributed by atoms with Gasteiger partial charge < -0.3 is 15.2 Å². The summed E-state index contributed by atoms with van der Waals surface area (Å²) >= 11 is 0. The molecule has 2 unspecified atom stereocenters. The minimum Gasteiger partial charge on any atom is -0.490 e. The largest absolute Gasteiger partial charge is 0.490 e. The van der Waals surface area contributed by atoms with Crippen LogP contribution in [0.1, 0.15) is 64.0 Å². The SMILES string of the molecule is CC1(C)C(NCCc2ccc3ccc(O[C@H]4CC[C@@H](C)CC4)c(C(F)(F)F)c3c2)CC1C(=O)O. The molecule has 0 radical (unpaired) electrons. The lowest BCUT2D eigenvalue weighted by molar-refractivity contribution is -0.155. The molecule has 4 nitrogen and oxygen atoms in total. The third kappa shape index (κ3) is 5.04. The maximum Gasteiger partial charge on any atom is 0.420 e. The molecule has 186 valence electrons. The molecule has 2 aromatic carbocycles. The first-order chi connectivity index (χ1) is 16.0. The zero-order valence-electron chi connectivity index (χ0n) is 20.0. The fraction of sp³-hybridized carbons (Fsp3) is 0.593. The van der Waals surface area contributed by atoms with Crippen LogP contribution in [0.3, 0.4) is 0 Å². The van der Waals surface area contributed by atoms with Crippen LogP contribution >= 0.6 is 0 Å². The number of rotatable bonds is 7. The first-order valence-electron chi connectivity index (χ1n) is 12.2. The van der Waals surface area contributed by atoms with Crippen molar-refractivity contribution in [3.05, 3.63) is 41.5 Å². The third-order valence-corrected chi connectivity index (χ3v) is 7.96. The van der Waals surface area contributed by atoms with E-state index in [2.05, 4.69) is 12.2 Å². The Hall–Kier alpha value is -2.28. The quantitative estimate of drug-likeness (QED) is 0.481. The Labute approximate surface area is 198 Å². The van der Waals surface area contributed by atoms with Crippen molar-refractivity contribution in [2.45, 2.75) is 77.6 Å². The van der Waals surface area contributed by atoms with Gasteiger partial charge in [0.2, 0.25) is 0 Å². The van der Waals surface area contributed by atoms with Gasteiger partial charge in [-0.15, -0.1) is 0 Å². The average Bonchev–Trinajstić information content (AvgIpc) is 2.75. The van der Waals surface area contributed by atoms with Crippen LogP contribution in [0.4, 0.5) is 13.2 Å². The first kappa shape index (κ1) is 24.8. The van der Waals surface area contributed by atoms with Gasteiger partial charge in [-0.3, -0.25) is 4.79 Å². The molecular weight excluding hydrogens is 443 g/mol. The van der Waals surface area contributed by atoms with Gasteiger partial charge in [0.05, 0.1) is 12.0 Å². The van der Waals surface area contributed by atoms with Gasteiger partial charge in [0.25, 0.3) is 0 Å². The van der Waals surface area contributed by atoms with Gasteiger partial charge in [0.1, 0.15) is 11.3 Å². The van der Waals surface area contributed by atoms with E-state index in [9.17, 15) is 23.1 Å². The summed E-state index contributed by atoms with van der Waals surface area (Å²) in [6, 6.07) is 8.47. The Bertz CT molecular complexity index is 1040. The number of ether oxygens (including phenoxy) is 1. The molecule has 2 aromatic rings. The number of nitrogens with one attached hydrogen (secondary N) is 1. The maximum atomic E-state index is 14.2. The number of hydrogen-bond donors (Lipinski definition) is 2. The molecule has 2 aliphatic carbocycles. The number of hydrogen-bond acceptors (Lipinski definition) is 3. The lowest BCUT2D eigenvalue weighted by Crippen LogP contribution is -2.59. The van der Waals surface area contributed by atoms with E-state index < -0.39 is 17.7 Å². The molecule has 0 spiro atoms. The molecule has 0 aromatic heterocycles. The van der Waals surface area contributed by atoms with Crippen LogP contribution in [0.5, 0.6) is 5.75 Å². The Balaban J connectivity index is 1.51. The molecule has 2 N–H and O–H groups in total. The summed E-state index contributed by atoms with van der Waals surface area (Å²) in [5.41, 5.74) is -0.231. The maximum absolute atomic E-state index is 14.2. The zero-order chi connectivity index (χ0) is 24.7. The number of benzene rings is 2. The smallest absolute Gasteiger partial charge is 0.420 e. The number of carbonyl (C=O) groups is 1. The Morgan fingerprint density at radius 3 is 2.44 bits per heavy atom. The Morgan fingerprint density at radius 1 is 1.15 bits per heavy atom. The van der Waals surface area contributed by atoms with Crippen LogP contribution in [0.15, 0.2) is 30.3 Å². The van der Waals surface area contributed by atoms with E-state index in [-0.39, 0.29) is 34.6 Å². The molecule has 34 heavy (non-hydrogen) atoms. The highest BCUT2D eigenvalue weighted by Gasteiger charge is 2.51. The van der Waals surface area contributed by atoms with Crippen LogP contribution < -0.4 is 10.1 Å². The first-order valence-corrected chi connectivity index (χ1v) is 12.2. The summed E-state index contributed by atoms with van der Waals surface area (Å²) in [4.78, 5) is 11.3. The third-order valence-electron chi connectivity index (χ3n) is 7.96. The predicted octanol–water partition coefficient (Wildman–Crippen LogP) is 6.45. The second-order valence-corrected chi connectivity index (χ2v) is 10.7. The normalized spacial score (nSPS) is 26.8. The highest BCUT2D eigenvalue weighted by molar-refractivity contribution is 5.89. The van der Waals surface area contributed by atoms with Crippen LogP contribution in [0.25, 0.3) is 10.8 Å². The molecule has 0 saturated heterocycles. The summed E-state index contributed by atoms with van der Waals surface area (Å²) in [6.45, 7) is 6.62. The number of carboxylic acid groups (broad SMARTS) is 1. The van der Waals surface area contributed by atoms with Gasteiger partial charge in [0.15, 0.2) is 0 Å². The van der Waals surface area contributed by atoms with Gasteiger partial charge in [-0.05, 0) is 78.8 Å². The van der Waals surface area contributed by atoms with Crippen LogP contribution in [-0.4, -0.2) is 29.8 Å². The van der Waals surface area contributed by atoms with Crippen molar-refractivity contribution >= 4 is 16.7 Å². The molecule has 0 bridgehead atoms. The van der Waals surface area contributed by atoms with Crippen LogP contribution in [-0.2, 0) is 17.4 Å². The fourth-order valence-corrected chi connectivity index (χ4v) is 5.50. The van der Waals surface area contributed by atoms with E-state index in [4.69, 9.17) is 4.74 Å². The molecule has 0 amide bonds. The number of fused-ring (bicyclic) bond motifs is 1. The Morgan fingerprint density at radius 2 is 1.82 bits per heavy atom. The summed E-state index contributed by atoms with van der Waals surface area (Å²) in [5, 5.41) is 13.4. The van der Waals surface area contributed by atoms with E-state index in [1.54, 1.807) is 18.2 Å². The van der Waals surface area contributed by atoms with E-state index >= 15 is 0 Å². The molecule has 2 atom stereocenters. The van der Waals surface area contributed by atoms with Crippen molar-refractivity contribution in [1.82, 2.24) is 5.32 Å². The van der Waals surface area contributed by atoms with Crippen LogP contribution in [0.2, 0.25) is 0 Å². The lowest BCUT2D eigenvalue weighted by Gasteiger charge is -2.50. The van der Waals surface area contributed by atoms with Crippen molar-refractivity contribution in [3.63, 3.8) is 0 Å².